The molecule has 5 heteroatoms. The summed E-state index contributed by atoms with van der Waals surface area (Å²) in [6.07, 6.45) is 2.40. The number of benzene rings is 1. The molecule has 5 nitrogen and oxygen atoms in total. The Morgan fingerprint density at radius 2 is 2.06 bits per heavy atom. The van der Waals surface area contributed by atoms with Crippen molar-refractivity contribution >= 4 is 0 Å². The third-order valence-corrected chi connectivity index (χ3v) is 2.61. The molecule has 2 aromatic rings. The molecule has 2 rings (SSSR count). The number of aliphatic hydroxyl groups is 1. The fourth-order valence-corrected chi connectivity index (χ4v) is 1.76. The topological polar surface area (TPSA) is 60.2 Å². The van der Waals surface area contributed by atoms with E-state index in [4.69, 9.17) is 9.84 Å². The lowest BCUT2D eigenvalue weighted by Gasteiger charge is -2.07. The average Bonchev–Trinajstić information content (AvgIpc) is 2.86. The standard InChI is InChI=1S/C13H17N3O2/c1-2-18-12-6-4-11(5-7-12)13-10-14-15-16(13)8-3-9-17/h4-7,10,17H,2-3,8-9H2,1H3. The molecule has 0 aliphatic rings. The van der Waals surface area contributed by atoms with Gasteiger partial charge in [-0.05, 0) is 37.6 Å². The first-order chi connectivity index (χ1) is 8.85. The van der Waals surface area contributed by atoms with E-state index in [1.54, 1.807) is 10.9 Å². The maximum atomic E-state index is 8.84. The molecule has 0 unspecified atom stereocenters. The lowest BCUT2D eigenvalue weighted by Crippen LogP contribution is -2.04. The van der Waals surface area contributed by atoms with E-state index in [1.165, 1.54) is 0 Å². The van der Waals surface area contributed by atoms with Crippen LogP contribution in [0.3, 0.4) is 0 Å². The summed E-state index contributed by atoms with van der Waals surface area (Å²) in [6, 6.07) is 7.84. The van der Waals surface area contributed by atoms with Crippen molar-refractivity contribution in [3.05, 3.63) is 30.5 Å². The van der Waals surface area contributed by atoms with Gasteiger partial charge >= 0.3 is 0 Å². The van der Waals surface area contributed by atoms with Gasteiger partial charge in [0.2, 0.25) is 0 Å². The van der Waals surface area contributed by atoms with Crippen molar-refractivity contribution in [1.82, 2.24) is 15.0 Å². The molecular formula is C13H17N3O2. The summed E-state index contributed by atoms with van der Waals surface area (Å²) in [6.45, 7) is 3.44. The minimum atomic E-state index is 0.155. The van der Waals surface area contributed by atoms with E-state index in [2.05, 4.69) is 10.3 Å². The van der Waals surface area contributed by atoms with Crippen molar-refractivity contribution in [2.24, 2.45) is 0 Å². The summed E-state index contributed by atoms with van der Waals surface area (Å²) in [4.78, 5) is 0. The minimum absolute atomic E-state index is 0.155. The molecule has 0 spiro atoms. The van der Waals surface area contributed by atoms with Gasteiger partial charge in [-0.2, -0.15) is 0 Å². The van der Waals surface area contributed by atoms with Gasteiger partial charge < -0.3 is 9.84 Å². The number of ether oxygens (including phenoxy) is 1. The Hall–Kier alpha value is -1.88. The van der Waals surface area contributed by atoms with E-state index in [-0.39, 0.29) is 6.61 Å². The molecule has 1 aromatic carbocycles. The van der Waals surface area contributed by atoms with Gasteiger partial charge in [0, 0.05) is 18.7 Å². The molecule has 1 aromatic heterocycles. The maximum Gasteiger partial charge on any atom is 0.119 e. The molecule has 0 aliphatic heterocycles. The van der Waals surface area contributed by atoms with Crippen LogP contribution in [0.5, 0.6) is 5.75 Å². The predicted molar refractivity (Wildman–Crippen MR) is 68.3 cm³/mol. The van der Waals surface area contributed by atoms with Gasteiger partial charge in [0.1, 0.15) is 5.75 Å². The molecule has 0 aliphatic carbocycles. The molecule has 0 radical (unpaired) electrons. The van der Waals surface area contributed by atoms with Crippen molar-refractivity contribution in [3.63, 3.8) is 0 Å². The van der Waals surface area contributed by atoms with Crippen molar-refractivity contribution in [1.29, 1.82) is 0 Å². The van der Waals surface area contributed by atoms with Crippen LogP contribution in [0.25, 0.3) is 11.3 Å². The fraction of sp³-hybridized carbons (Fsp3) is 0.385. The Bertz CT molecular complexity index is 479. The molecule has 1 heterocycles. The van der Waals surface area contributed by atoms with Crippen LogP contribution in [-0.2, 0) is 6.54 Å². The van der Waals surface area contributed by atoms with E-state index in [0.717, 1.165) is 17.0 Å². The summed E-state index contributed by atoms with van der Waals surface area (Å²) in [5.74, 6) is 0.857. The monoisotopic (exact) mass is 247 g/mol. The Morgan fingerprint density at radius 1 is 1.28 bits per heavy atom. The van der Waals surface area contributed by atoms with Gasteiger partial charge in [0.25, 0.3) is 0 Å². The Labute approximate surface area is 106 Å². The second-order valence-electron chi connectivity index (χ2n) is 3.88. The number of nitrogens with zero attached hydrogens (tertiary/aromatic N) is 3. The minimum Gasteiger partial charge on any atom is -0.494 e. The number of aromatic nitrogens is 3. The van der Waals surface area contributed by atoms with Crippen LogP contribution in [-0.4, -0.2) is 33.3 Å². The molecule has 0 atom stereocenters. The quantitative estimate of drug-likeness (QED) is 0.844. The van der Waals surface area contributed by atoms with Crippen molar-refractivity contribution < 1.29 is 9.84 Å². The molecule has 96 valence electrons. The number of rotatable bonds is 6. The van der Waals surface area contributed by atoms with Crippen LogP contribution in [0, 0.1) is 0 Å². The maximum absolute atomic E-state index is 8.84. The Balaban J connectivity index is 2.17. The number of aryl methyl sites for hydroxylation is 1. The zero-order valence-corrected chi connectivity index (χ0v) is 10.4. The fourth-order valence-electron chi connectivity index (χ4n) is 1.76. The van der Waals surface area contributed by atoms with Gasteiger partial charge in [0.05, 0.1) is 18.5 Å². The molecular weight excluding hydrogens is 230 g/mol. The number of aliphatic hydroxyl groups excluding tert-OH is 1. The summed E-state index contributed by atoms with van der Waals surface area (Å²) in [7, 11) is 0. The van der Waals surface area contributed by atoms with E-state index in [0.29, 0.717) is 19.6 Å². The lowest BCUT2D eigenvalue weighted by molar-refractivity contribution is 0.276. The lowest BCUT2D eigenvalue weighted by atomic mass is 10.1. The van der Waals surface area contributed by atoms with Crippen LogP contribution in [0.2, 0.25) is 0 Å². The summed E-state index contributed by atoms with van der Waals surface area (Å²) in [5.41, 5.74) is 1.99. The molecule has 0 fully saturated rings. The van der Waals surface area contributed by atoms with Crippen molar-refractivity contribution in [3.8, 4) is 17.0 Å². The van der Waals surface area contributed by atoms with Crippen LogP contribution in [0.4, 0.5) is 0 Å². The van der Waals surface area contributed by atoms with Crippen LogP contribution >= 0.6 is 0 Å². The van der Waals surface area contributed by atoms with Crippen LogP contribution < -0.4 is 4.74 Å². The van der Waals surface area contributed by atoms with Gasteiger partial charge in [0.15, 0.2) is 0 Å². The van der Waals surface area contributed by atoms with E-state index in [9.17, 15) is 0 Å². The molecule has 0 saturated carbocycles. The molecule has 0 amide bonds. The molecule has 1 N–H and O–H groups in total. The Morgan fingerprint density at radius 3 is 2.72 bits per heavy atom. The SMILES string of the molecule is CCOc1ccc(-c2cnnn2CCCO)cc1. The van der Waals surface area contributed by atoms with Gasteiger partial charge in [-0.3, -0.25) is 0 Å². The zero-order chi connectivity index (χ0) is 12.8. The second kappa shape index (κ2) is 6.16. The van der Waals surface area contributed by atoms with E-state index >= 15 is 0 Å². The van der Waals surface area contributed by atoms with Gasteiger partial charge in [-0.25, -0.2) is 4.68 Å². The first-order valence-corrected chi connectivity index (χ1v) is 6.07. The van der Waals surface area contributed by atoms with Crippen molar-refractivity contribution in [2.75, 3.05) is 13.2 Å². The van der Waals surface area contributed by atoms with Crippen LogP contribution in [0.1, 0.15) is 13.3 Å². The first-order valence-electron chi connectivity index (χ1n) is 6.07. The summed E-state index contributed by atoms with van der Waals surface area (Å²) in [5, 5.41) is 16.8. The highest BCUT2D eigenvalue weighted by molar-refractivity contribution is 5.59. The molecule has 18 heavy (non-hydrogen) atoms. The number of hydrogen-bond donors (Lipinski definition) is 1. The Kier molecular flexibility index (Phi) is 4.30. The normalized spacial score (nSPS) is 10.6. The highest BCUT2D eigenvalue weighted by Gasteiger charge is 2.06. The highest BCUT2D eigenvalue weighted by Crippen LogP contribution is 2.21. The van der Waals surface area contributed by atoms with Crippen molar-refractivity contribution in [2.45, 2.75) is 19.9 Å². The second-order valence-corrected chi connectivity index (χ2v) is 3.88. The smallest absolute Gasteiger partial charge is 0.119 e. The average molecular weight is 247 g/mol. The third kappa shape index (κ3) is 2.87. The highest BCUT2D eigenvalue weighted by atomic mass is 16.5. The van der Waals surface area contributed by atoms with E-state index in [1.807, 2.05) is 31.2 Å². The summed E-state index contributed by atoms with van der Waals surface area (Å²) >= 11 is 0. The third-order valence-electron chi connectivity index (χ3n) is 2.61. The molecule has 0 saturated heterocycles. The largest absolute Gasteiger partial charge is 0.494 e. The molecule has 0 bridgehead atoms. The van der Waals surface area contributed by atoms with E-state index < -0.39 is 0 Å². The van der Waals surface area contributed by atoms with Crippen LogP contribution in [0.15, 0.2) is 30.5 Å². The predicted octanol–water partition coefficient (Wildman–Crippen LogP) is 1.73. The van der Waals surface area contributed by atoms with Gasteiger partial charge in [-0.15, -0.1) is 5.10 Å². The summed E-state index contributed by atoms with van der Waals surface area (Å²) < 4.78 is 7.20. The zero-order valence-electron chi connectivity index (χ0n) is 10.4. The first kappa shape index (κ1) is 12.6. The number of hydrogen-bond acceptors (Lipinski definition) is 4. The van der Waals surface area contributed by atoms with Gasteiger partial charge in [-0.1, -0.05) is 5.21 Å².